The van der Waals surface area contributed by atoms with Crippen LogP contribution in [0.4, 0.5) is 5.69 Å². The summed E-state index contributed by atoms with van der Waals surface area (Å²) in [4.78, 5) is 31.9. The zero-order valence-corrected chi connectivity index (χ0v) is 22.2. The molecule has 1 amide bonds. The number of allylic oxidation sites excluding steroid dienone is 1. The Bertz CT molecular complexity index is 1390. The molecule has 1 aliphatic rings. The first kappa shape index (κ1) is 26.2. The number of methoxy groups -OCH3 is 2. The minimum atomic E-state index is -0.695. The van der Waals surface area contributed by atoms with Crippen LogP contribution < -0.4 is 14.8 Å². The number of benzene rings is 2. The van der Waals surface area contributed by atoms with Crippen LogP contribution in [0.5, 0.6) is 11.5 Å². The Labute approximate surface area is 223 Å². The Morgan fingerprint density at radius 2 is 1.84 bits per heavy atom. The van der Waals surface area contributed by atoms with Gasteiger partial charge in [0.15, 0.2) is 5.78 Å². The highest BCUT2D eigenvalue weighted by Crippen LogP contribution is 2.44. The van der Waals surface area contributed by atoms with Gasteiger partial charge in [0.25, 0.3) is 0 Å². The second-order valence-corrected chi connectivity index (χ2v) is 10.1. The molecule has 0 spiro atoms. The third-order valence-corrected chi connectivity index (χ3v) is 7.92. The number of nitriles is 1. The highest BCUT2D eigenvalue weighted by atomic mass is 32.2. The number of anilines is 1. The van der Waals surface area contributed by atoms with Gasteiger partial charge in [-0.25, -0.2) is 4.99 Å². The number of ether oxygens (including phenoxy) is 2. The van der Waals surface area contributed by atoms with Crippen molar-refractivity contribution in [1.29, 1.82) is 5.26 Å². The van der Waals surface area contributed by atoms with Crippen molar-refractivity contribution in [2.75, 3.05) is 25.3 Å². The second-order valence-electron chi connectivity index (χ2n) is 8.18. The van der Waals surface area contributed by atoms with Crippen molar-refractivity contribution in [3.63, 3.8) is 0 Å². The minimum absolute atomic E-state index is 0.0889. The quantitative estimate of drug-likeness (QED) is 0.344. The van der Waals surface area contributed by atoms with Gasteiger partial charge in [0.1, 0.15) is 16.5 Å². The molecule has 0 radical (unpaired) electrons. The molecule has 2 aromatic carbocycles. The average Bonchev–Trinajstić information content (AvgIpc) is 3.46. The van der Waals surface area contributed by atoms with E-state index >= 15 is 0 Å². The fourth-order valence-electron chi connectivity index (χ4n) is 4.13. The van der Waals surface area contributed by atoms with Gasteiger partial charge in [0, 0.05) is 22.1 Å². The van der Waals surface area contributed by atoms with E-state index in [2.05, 4.69) is 16.4 Å². The van der Waals surface area contributed by atoms with Gasteiger partial charge < -0.3 is 14.8 Å². The molecule has 3 aromatic rings. The van der Waals surface area contributed by atoms with Gasteiger partial charge in [-0.05, 0) is 54.8 Å². The standard InChI is InChI=1S/C28H25N3O4S2/c1-17-25(27(33)31-21-7-4-5-8-23(21)35-3)26(24-9-6-14-36-24)20(15-29)28(30-17)37-16-22(32)18-10-12-19(34-2)13-11-18/h4-14,25-26H,16H2,1-3H3,(H,31,33)/t25-,26+/m0/s1. The summed E-state index contributed by atoms with van der Waals surface area (Å²) in [6.07, 6.45) is 0. The van der Waals surface area contributed by atoms with Gasteiger partial charge in [0.2, 0.25) is 5.91 Å². The Morgan fingerprint density at radius 3 is 2.49 bits per heavy atom. The number of hydrogen-bond donors (Lipinski definition) is 1. The van der Waals surface area contributed by atoms with Crippen LogP contribution in [0.25, 0.3) is 0 Å². The Hall–Kier alpha value is -3.87. The molecule has 7 nitrogen and oxygen atoms in total. The molecular weight excluding hydrogens is 506 g/mol. The summed E-state index contributed by atoms with van der Waals surface area (Å²) in [5.41, 5.74) is 2.04. The number of hydrogen-bond acceptors (Lipinski definition) is 8. The van der Waals surface area contributed by atoms with Gasteiger partial charge in [0.05, 0.1) is 43.2 Å². The lowest BCUT2D eigenvalue weighted by Gasteiger charge is -2.30. The zero-order valence-electron chi connectivity index (χ0n) is 20.6. The van der Waals surface area contributed by atoms with Crippen LogP contribution in [0.15, 0.2) is 81.6 Å². The number of ketones is 1. The van der Waals surface area contributed by atoms with Gasteiger partial charge in [-0.2, -0.15) is 5.26 Å². The summed E-state index contributed by atoms with van der Waals surface area (Å²) in [6.45, 7) is 1.78. The third kappa shape index (κ3) is 5.77. The Morgan fingerprint density at radius 1 is 1.08 bits per heavy atom. The van der Waals surface area contributed by atoms with E-state index in [1.807, 2.05) is 29.6 Å². The van der Waals surface area contributed by atoms with Gasteiger partial charge >= 0.3 is 0 Å². The van der Waals surface area contributed by atoms with Crippen molar-refractivity contribution in [2.24, 2.45) is 10.9 Å². The van der Waals surface area contributed by atoms with Crippen molar-refractivity contribution in [2.45, 2.75) is 12.8 Å². The average molecular weight is 532 g/mol. The predicted molar refractivity (Wildman–Crippen MR) is 148 cm³/mol. The number of carbonyl (C=O) groups excluding carboxylic acids is 2. The van der Waals surface area contributed by atoms with E-state index in [9.17, 15) is 14.9 Å². The van der Waals surface area contributed by atoms with Crippen molar-refractivity contribution < 1.29 is 19.1 Å². The monoisotopic (exact) mass is 531 g/mol. The van der Waals surface area contributed by atoms with E-state index in [1.54, 1.807) is 57.5 Å². The molecule has 0 saturated heterocycles. The molecule has 2 heterocycles. The molecule has 1 aliphatic heterocycles. The number of aliphatic imine (C=N–C) groups is 1. The Kier molecular flexibility index (Phi) is 8.43. The molecule has 1 aromatic heterocycles. The molecule has 0 fully saturated rings. The molecule has 0 bridgehead atoms. The molecule has 0 aliphatic carbocycles. The molecule has 0 unspecified atom stereocenters. The number of rotatable bonds is 9. The molecule has 2 atom stereocenters. The number of thioether (sulfide) groups is 1. The molecule has 9 heteroatoms. The van der Waals surface area contributed by atoms with E-state index in [4.69, 9.17) is 9.47 Å². The van der Waals surface area contributed by atoms with Crippen molar-refractivity contribution in [3.05, 3.63) is 87.1 Å². The SMILES string of the molecule is COc1ccc(C(=O)CSC2=C(C#N)[C@H](c3cccs3)[C@@H](C(=O)Nc3ccccc3OC)C(C)=N2)cc1. The lowest BCUT2D eigenvalue weighted by Crippen LogP contribution is -2.36. The van der Waals surface area contributed by atoms with E-state index in [-0.39, 0.29) is 17.4 Å². The van der Waals surface area contributed by atoms with Crippen LogP contribution in [-0.4, -0.2) is 37.4 Å². The number of nitrogens with zero attached hydrogens (tertiary/aromatic N) is 2. The smallest absolute Gasteiger partial charge is 0.234 e. The van der Waals surface area contributed by atoms with Crippen molar-refractivity contribution >= 4 is 46.2 Å². The first-order valence-corrected chi connectivity index (χ1v) is 13.3. The van der Waals surface area contributed by atoms with E-state index < -0.39 is 11.8 Å². The van der Waals surface area contributed by atoms with Crippen LogP contribution in [0.3, 0.4) is 0 Å². The maximum atomic E-state index is 13.6. The van der Waals surface area contributed by atoms with Crippen molar-refractivity contribution in [1.82, 2.24) is 0 Å². The second kappa shape index (κ2) is 11.9. The van der Waals surface area contributed by atoms with Gasteiger partial charge in [-0.15, -0.1) is 11.3 Å². The summed E-state index contributed by atoms with van der Waals surface area (Å²) in [7, 11) is 3.11. The van der Waals surface area contributed by atoms with Crippen LogP contribution in [0, 0.1) is 17.2 Å². The Balaban J connectivity index is 1.62. The summed E-state index contributed by atoms with van der Waals surface area (Å²) < 4.78 is 10.5. The predicted octanol–water partition coefficient (Wildman–Crippen LogP) is 5.93. The molecule has 37 heavy (non-hydrogen) atoms. The normalized spacial score (nSPS) is 17.0. The lowest BCUT2D eigenvalue weighted by atomic mass is 9.80. The summed E-state index contributed by atoms with van der Waals surface area (Å²) in [5.74, 6) is -0.264. The van der Waals surface area contributed by atoms with Gasteiger partial charge in [-0.3, -0.25) is 9.59 Å². The summed E-state index contributed by atoms with van der Waals surface area (Å²) in [6, 6.07) is 20.2. The topological polar surface area (TPSA) is 101 Å². The minimum Gasteiger partial charge on any atom is -0.497 e. The van der Waals surface area contributed by atoms with Crippen LogP contribution in [-0.2, 0) is 4.79 Å². The molecular formula is C28H25N3O4S2. The first-order chi connectivity index (χ1) is 18.0. The summed E-state index contributed by atoms with van der Waals surface area (Å²) >= 11 is 2.69. The van der Waals surface area contributed by atoms with E-state index in [1.165, 1.54) is 23.1 Å². The number of carbonyl (C=O) groups is 2. The fourth-order valence-corrected chi connectivity index (χ4v) is 5.97. The number of thiophene rings is 1. The van der Waals surface area contributed by atoms with Crippen LogP contribution in [0.2, 0.25) is 0 Å². The number of Topliss-reactive ketones (excluding diaryl/α,β-unsaturated/α-hetero) is 1. The summed E-state index contributed by atoms with van der Waals surface area (Å²) in [5, 5.41) is 15.5. The van der Waals surface area contributed by atoms with E-state index in [0.717, 1.165) is 4.88 Å². The number of amides is 1. The van der Waals surface area contributed by atoms with Crippen LogP contribution in [0.1, 0.15) is 28.1 Å². The molecule has 0 saturated carbocycles. The third-order valence-electron chi connectivity index (χ3n) is 5.97. The zero-order chi connectivity index (χ0) is 26.4. The maximum absolute atomic E-state index is 13.6. The van der Waals surface area contributed by atoms with Crippen molar-refractivity contribution in [3.8, 4) is 17.6 Å². The van der Waals surface area contributed by atoms with Crippen LogP contribution >= 0.6 is 23.1 Å². The molecule has 1 N–H and O–H groups in total. The first-order valence-electron chi connectivity index (χ1n) is 11.4. The fraction of sp³-hybridized carbons (Fsp3) is 0.214. The van der Waals surface area contributed by atoms with E-state index in [0.29, 0.717) is 39.1 Å². The molecule has 188 valence electrons. The lowest BCUT2D eigenvalue weighted by molar-refractivity contribution is -0.118. The maximum Gasteiger partial charge on any atom is 0.234 e. The van der Waals surface area contributed by atoms with Gasteiger partial charge in [-0.1, -0.05) is 30.0 Å². The molecule has 4 rings (SSSR count). The number of para-hydroxylation sites is 2. The number of nitrogens with one attached hydrogen (secondary N) is 1. The highest BCUT2D eigenvalue weighted by Gasteiger charge is 2.40. The largest absolute Gasteiger partial charge is 0.497 e. The highest BCUT2D eigenvalue weighted by molar-refractivity contribution is 8.03.